The number of aromatic nitrogens is 1. The standard InChI is InChI=1S/C11H11F3N6/c1-6(16)9(20-10(17)11(12,13)14)19-8-3-2-7(4-15)5-18-8/h2-3,5-6H,16H2,1H3,(H2,17,18,19,20)/t6-/m0/s1. The van der Waals surface area contributed by atoms with Crippen molar-refractivity contribution < 1.29 is 13.2 Å². The zero-order valence-corrected chi connectivity index (χ0v) is 10.4. The molecular formula is C11H11F3N6. The van der Waals surface area contributed by atoms with Gasteiger partial charge >= 0.3 is 6.18 Å². The second kappa shape index (κ2) is 6.12. The van der Waals surface area contributed by atoms with Gasteiger partial charge in [-0.1, -0.05) is 0 Å². The van der Waals surface area contributed by atoms with Crippen LogP contribution in [0, 0.1) is 11.3 Å². The highest BCUT2D eigenvalue weighted by atomic mass is 19.4. The Kier molecular flexibility index (Phi) is 4.77. The third-order valence-electron chi connectivity index (χ3n) is 2.04. The molecule has 9 heteroatoms. The molecule has 1 heterocycles. The molecule has 1 aromatic heterocycles. The van der Waals surface area contributed by atoms with Gasteiger partial charge in [0.2, 0.25) is 5.84 Å². The molecule has 0 spiro atoms. The molecule has 1 atom stereocenters. The zero-order valence-electron chi connectivity index (χ0n) is 10.4. The van der Waals surface area contributed by atoms with Crippen molar-refractivity contribution in [3.8, 4) is 6.07 Å². The van der Waals surface area contributed by atoms with E-state index < -0.39 is 18.1 Å². The first-order valence-corrected chi connectivity index (χ1v) is 5.35. The van der Waals surface area contributed by atoms with Gasteiger partial charge in [-0.2, -0.15) is 18.4 Å². The fraction of sp³-hybridized carbons (Fsp3) is 0.273. The molecule has 0 aliphatic carbocycles. The van der Waals surface area contributed by atoms with E-state index in [1.165, 1.54) is 25.3 Å². The maximum absolute atomic E-state index is 12.3. The van der Waals surface area contributed by atoms with Gasteiger partial charge in [0.1, 0.15) is 11.9 Å². The highest BCUT2D eigenvalue weighted by Crippen LogP contribution is 2.15. The van der Waals surface area contributed by atoms with Crippen molar-refractivity contribution in [2.45, 2.75) is 19.1 Å². The maximum Gasteiger partial charge on any atom is 0.449 e. The monoisotopic (exact) mass is 284 g/mol. The Morgan fingerprint density at radius 3 is 2.50 bits per heavy atom. The van der Waals surface area contributed by atoms with Gasteiger partial charge in [0.05, 0.1) is 11.6 Å². The molecule has 4 N–H and O–H groups in total. The van der Waals surface area contributed by atoms with Crippen molar-refractivity contribution in [3.05, 3.63) is 23.9 Å². The van der Waals surface area contributed by atoms with Crippen LogP contribution in [0.15, 0.2) is 28.3 Å². The number of aliphatic imine (C=N–C) groups is 2. The van der Waals surface area contributed by atoms with Crippen molar-refractivity contribution >= 4 is 17.5 Å². The van der Waals surface area contributed by atoms with Crippen LogP contribution in [0.4, 0.5) is 19.0 Å². The van der Waals surface area contributed by atoms with E-state index >= 15 is 0 Å². The minimum Gasteiger partial charge on any atom is -0.380 e. The topological polar surface area (TPSA) is 113 Å². The fourth-order valence-corrected chi connectivity index (χ4v) is 1.05. The van der Waals surface area contributed by atoms with Crippen LogP contribution < -0.4 is 11.5 Å². The molecule has 6 nitrogen and oxygen atoms in total. The molecule has 20 heavy (non-hydrogen) atoms. The van der Waals surface area contributed by atoms with E-state index in [4.69, 9.17) is 16.7 Å². The Hall–Kier alpha value is -2.47. The highest BCUT2D eigenvalue weighted by Gasteiger charge is 2.34. The number of alkyl halides is 3. The summed E-state index contributed by atoms with van der Waals surface area (Å²) in [5.74, 6) is -1.77. The summed E-state index contributed by atoms with van der Waals surface area (Å²) >= 11 is 0. The molecule has 1 aromatic rings. The number of rotatable bonds is 2. The van der Waals surface area contributed by atoms with Crippen LogP contribution >= 0.6 is 0 Å². The number of hydrogen-bond acceptors (Lipinski definition) is 4. The van der Waals surface area contributed by atoms with Crippen LogP contribution in [0.3, 0.4) is 0 Å². The second-order valence-corrected chi connectivity index (χ2v) is 3.77. The maximum atomic E-state index is 12.3. The average molecular weight is 284 g/mol. The average Bonchev–Trinajstić information content (AvgIpc) is 2.37. The molecule has 0 aromatic carbocycles. The number of nitrogens with zero attached hydrogens (tertiary/aromatic N) is 4. The Labute approximate surface area is 112 Å². The van der Waals surface area contributed by atoms with Crippen molar-refractivity contribution in [3.63, 3.8) is 0 Å². The number of nitrogens with two attached hydrogens (primary N) is 2. The smallest absolute Gasteiger partial charge is 0.380 e. The van der Waals surface area contributed by atoms with E-state index in [0.29, 0.717) is 5.56 Å². The van der Waals surface area contributed by atoms with E-state index in [1.54, 1.807) is 0 Å². The van der Waals surface area contributed by atoms with E-state index in [1.807, 2.05) is 6.07 Å². The summed E-state index contributed by atoms with van der Waals surface area (Å²) in [5.41, 5.74) is 10.6. The molecule has 0 aliphatic heterocycles. The molecule has 0 aliphatic rings. The summed E-state index contributed by atoms with van der Waals surface area (Å²) in [7, 11) is 0. The fourth-order valence-electron chi connectivity index (χ4n) is 1.05. The lowest BCUT2D eigenvalue weighted by molar-refractivity contribution is -0.0597. The first kappa shape index (κ1) is 15.6. The molecule has 1 rings (SSSR count). The van der Waals surface area contributed by atoms with E-state index in [0.717, 1.165) is 0 Å². The van der Waals surface area contributed by atoms with E-state index in [9.17, 15) is 13.2 Å². The van der Waals surface area contributed by atoms with Gasteiger partial charge in [0.15, 0.2) is 5.82 Å². The first-order chi connectivity index (χ1) is 9.24. The lowest BCUT2D eigenvalue weighted by Crippen LogP contribution is -2.35. The quantitative estimate of drug-likeness (QED) is 0.628. The van der Waals surface area contributed by atoms with Crippen LogP contribution in [0.2, 0.25) is 0 Å². The van der Waals surface area contributed by atoms with Gasteiger partial charge in [-0.3, -0.25) is 0 Å². The van der Waals surface area contributed by atoms with Gasteiger partial charge in [0, 0.05) is 6.20 Å². The van der Waals surface area contributed by atoms with Crippen LogP contribution in [0.25, 0.3) is 0 Å². The van der Waals surface area contributed by atoms with Crippen LogP contribution in [0.5, 0.6) is 0 Å². The SMILES string of the molecule is C[C@H](N)C(=Nc1ccc(C#N)cn1)N=C(N)C(F)(F)F. The minimum atomic E-state index is -4.76. The largest absolute Gasteiger partial charge is 0.449 e. The summed E-state index contributed by atoms with van der Waals surface area (Å²) in [6.07, 6.45) is -3.53. The zero-order chi connectivity index (χ0) is 15.3. The molecule has 0 saturated heterocycles. The third-order valence-corrected chi connectivity index (χ3v) is 2.04. The molecular weight excluding hydrogens is 273 g/mol. The van der Waals surface area contributed by atoms with Crippen molar-refractivity contribution in [1.82, 2.24) is 4.98 Å². The minimum absolute atomic E-state index is 0.0787. The first-order valence-electron chi connectivity index (χ1n) is 5.35. The normalized spacial score (nSPS) is 14.8. The van der Waals surface area contributed by atoms with E-state index in [-0.39, 0.29) is 11.7 Å². The summed E-state index contributed by atoms with van der Waals surface area (Å²) in [4.78, 5) is 10.7. The van der Waals surface area contributed by atoms with Crippen molar-refractivity contribution in [2.75, 3.05) is 0 Å². The number of amidine groups is 2. The molecule has 0 fully saturated rings. The van der Waals surface area contributed by atoms with Gasteiger partial charge < -0.3 is 11.5 Å². The number of nitriles is 1. The lowest BCUT2D eigenvalue weighted by atomic mass is 10.3. The highest BCUT2D eigenvalue weighted by molar-refractivity contribution is 6.01. The molecule has 0 radical (unpaired) electrons. The van der Waals surface area contributed by atoms with Gasteiger partial charge in [-0.15, -0.1) is 0 Å². The Bertz CT molecular complexity index is 565. The Morgan fingerprint density at radius 1 is 1.45 bits per heavy atom. The molecule has 0 saturated carbocycles. The predicted octanol–water partition coefficient (Wildman–Crippen LogP) is 1.25. The Morgan fingerprint density at radius 2 is 2.10 bits per heavy atom. The van der Waals surface area contributed by atoms with Gasteiger partial charge in [-0.05, 0) is 19.1 Å². The van der Waals surface area contributed by atoms with Crippen molar-refractivity contribution in [2.24, 2.45) is 21.5 Å². The number of hydrogen-bond donors (Lipinski definition) is 2. The van der Waals surface area contributed by atoms with E-state index in [2.05, 4.69) is 15.0 Å². The summed E-state index contributed by atoms with van der Waals surface area (Å²) < 4.78 is 36.9. The second-order valence-electron chi connectivity index (χ2n) is 3.77. The van der Waals surface area contributed by atoms with Crippen LogP contribution in [-0.4, -0.2) is 28.9 Å². The van der Waals surface area contributed by atoms with Crippen molar-refractivity contribution in [1.29, 1.82) is 5.26 Å². The molecule has 0 unspecified atom stereocenters. The van der Waals surface area contributed by atoms with Crippen LogP contribution in [-0.2, 0) is 0 Å². The lowest BCUT2D eigenvalue weighted by Gasteiger charge is -2.09. The predicted molar refractivity (Wildman–Crippen MR) is 67.4 cm³/mol. The summed E-state index contributed by atoms with van der Waals surface area (Å²) in [6.45, 7) is 1.41. The number of pyridine rings is 1. The Balaban J connectivity index is 3.14. The van der Waals surface area contributed by atoms with Gasteiger partial charge in [0.25, 0.3) is 0 Å². The molecule has 106 valence electrons. The molecule has 0 amide bonds. The van der Waals surface area contributed by atoms with Crippen LogP contribution in [0.1, 0.15) is 12.5 Å². The third kappa shape index (κ3) is 4.33. The summed E-state index contributed by atoms with van der Waals surface area (Å²) in [6, 6.07) is 3.76. The molecule has 0 bridgehead atoms. The summed E-state index contributed by atoms with van der Waals surface area (Å²) in [5, 5.41) is 8.60. The van der Waals surface area contributed by atoms with Gasteiger partial charge in [-0.25, -0.2) is 15.0 Å². The number of halogens is 3.